The third kappa shape index (κ3) is 2.55. The van der Waals surface area contributed by atoms with E-state index < -0.39 is 0 Å². The van der Waals surface area contributed by atoms with Gasteiger partial charge in [-0.15, -0.1) is 0 Å². The van der Waals surface area contributed by atoms with E-state index in [1.807, 2.05) is 0 Å². The smallest absolute Gasteiger partial charge is 0.0610 e. The molecule has 7 heavy (non-hydrogen) atoms. The molecule has 1 unspecified atom stereocenters. The highest BCUT2D eigenvalue weighted by Gasteiger charge is 2.08. The maximum Gasteiger partial charge on any atom is 0.0972 e. The molecule has 0 rings (SSSR count). The molecule has 0 aromatic heterocycles. The van der Waals surface area contributed by atoms with Crippen LogP contribution >= 0.6 is 0 Å². The van der Waals surface area contributed by atoms with Crippen molar-refractivity contribution in [1.29, 1.82) is 0 Å². The van der Waals surface area contributed by atoms with Crippen molar-refractivity contribution >= 4 is 0 Å². The van der Waals surface area contributed by atoms with Crippen LogP contribution < -0.4 is 0 Å². The Bertz CT molecular complexity index is 37.3. The fraction of sp³-hybridized carbons (Fsp3) is 0.857. The van der Waals surface area contributed by atoms with E-state index in [9.17, 15) is 0 Å². The summed E-state index contributed by atoms with van der Waals surface area (Å²) in [5, 5.41) is 0. The standard InChI is InChI=1S/C7H15/c1-5-7(4)6(2)3/h6-7H,4-5H2,1-3H3/q+1. The molecule has 0 amide bonds. The van der Waals surface area contributed by atoms with Crippen LogP contribution in [0.2, 0.25) is 0 Å². The van der Waals surface area contributed by atoms with Crippen molar-refractivity contribution in [1.82, 2.24) is 0 Å². The third-order valence-corrected chi connectivity index (χ3v) is 1.47. The summed E-state index contributed by atoms with van der Waals surface area (Å²) < 4.78 is 0. The van der Waals surface area contributed by atoms with Gasteiger partial charge in [0.25, 0.3) is 0 Å². The van der Waals surface area contributed by atoms with Gasteiger partial charge in [0, 0.05) is 0 Å². The van der Waals surface area contributed by atoms with Gasteiger partial charge in [-0.2, -0.15) is 0 Å². The molecule has 0 heteroatoms. The minimum Gasteiger partial charge on any atom is -0.0610 e. The van der Waals surface area contributed by atoms with Gasteiger partial charge in [0.2, 0.25) is 0 Å². The van der Waals surface area contributed by atoms with E-state index >= 15 is 0 Å². The van der Waals surface area contributed by atoms with E-state index in [-0.39, 0.29) is 0 Å². The average Bonchev–Trinajstić information content (AvgIpc) is 1.65. The van der Waals surface area contributed by atoms with Crippen LogP contribution in [0.4, 0.5) is 0 Å². The van der Waals surface area contributed by atoms with Crippen molar-refractivity contribution in [3.05, 3.63) is 6.92 Å². The summed E-state index contributed by atoms with van der Waals surface area (Å²) in [6.07, 6.45) is 1.21. The molecule has 0 spiro atoms. The lowest BCUT2D eigenvalue weighted by Gasteiger charge is -2.03. The van der Waals surface area contributed by atoms with E-state index in [2.05, 4.69) is 27.7 Å². The van der Waals surface area contributed by atoms with Gasteiger partial charge >= 0.3 is 0 Å². The molecule has 0 radical (unpaired) electrons. The fourth-order valence-corrected chi connectivity index (χ4v) is 0.471. The second kappa shape index (κ2) is 2.95. The van der Waals surface area contributed by atoms with Crippen molar-refractivity contribution < 1.29 is 0 Å². The van der Waals surface area contributed by atoms with Crippen LogP contribution in [0, 0.1) is 18.8 Å². The lowest BCUT2D eigenvalue weighted by atomic mass is 9.96. The molecule has 0 saturated carbocycles. The Hall–Kier alpha value is -0.130. The van der Waals surface area contributed by atoms with E-state index in [4.69, 9.17) is 0 Å². The minimum absolute atomic E-state index is 0.653. The topological polar surface area (TPSA) is 0 Å². The Kier molecular flexibility index (Phi) is 2.89. The van der Waals surface area contributed by atoms with Gasteiger partial charge in [-0.25, -0.2) is 0 Å². The number of rotatable bonds is 2. The van der Waals surface area contributed by atoms with E-state index in [1.165, 1.54) is 6.42 Å². The SMILES string of the molecule is [CH2+]C(CC)C(C)C. The van der Waals surface area contributed by atoms with Gasteiger partial charge in [-0.3, -0.25) is 0 Å². The molecule has 0 N–H and O–H groups in total. The minimum atomic E-state index is 0.653. The Morgan fingerprint density at radius 2 is 1.86 bits per heavy atom. The van der Waals surface area contributed by atoms with Gasteiger partial charge in [-0.05, 0) is 12.3 Å². The van der Waals surface area contributed by atoms with Crippen molar-refractivity contribution in [3.63, 3.8) is 0 Å². The molecule has 0 heterocycles. The van der Waals surface area contributed by atoms with Crippen LogP contribution in [-0.4, -0.2) is 0 Å². The molecule has 0 nitrogen and oxygen atoms in total. The lowest BCUT2D eigenvalue weighted by molar-refractivity contribution is 0.449. The van der Waals surface area contributed by atoms with E-state index in [1.54, 1.807) is 0 Å². The summed E-state index contributed by atoms with van der Waals surface area (Å²) in [5.41, 5.74) is 0. The van der Waals surface area contributed by atoms with Crippen molar-refractivity contribution in [3.8, 4) is 0 Å². The van der Waals surface area contributed by atoms with Crippen LogP contribution in [0.25, 0.3) is 0 Å². The highest BCUT2D eigenvalue weighted by Crippen LogP contribution is 2.11. The monoisotopic (exact) mass is 99.1 g/mol. The molecule has 0 aromatic rings. The molecule has 0 fully saturated rings. The van der Waals surface area contributed by atoms with Gasteiger partial charge in [-0.1, -0.05) is 20.8 Å². The quantitative estimate of drug-likeness (QED) is 0.466. The van der Waals surface area contributed by atoms with Gasteiger partial charge in [0.15, 0.2) is 0 Å². The maximum absolute atomic E-state index is 3.96. The van der Waals surface area contributed by atoms with Crippen LogP contribution in [-0.2, 0) is 0 Å². The second-order valence-electron chi connectivity index (χ2n) is 2.41. The zero-order valence-electron chi connectivity index (χ0n) is 5.57. The summed E-state index contributed by atoms with van der Waals surface area (Å²) in [7, 11) is 0. The summed E-state index contributed by atoms with van der Waals surface area (Å²) in [6, 6.07) is 0. The van der Waals surface area contributed by atoms with E-state index in [0.29, 0.717) is 5.92 Å². The summed E-state index contributed by atoms with van der Waals surface area (Å²) in [4.78, 5) is 0. The predicted molar refractivity (Wildman–Crippen MR) is 34.0 cm³/mol. The zero-order chi connectivity index (χ0) is 5.86. The molecule has 0 saturated heterocycles. The summed E-state index contributed by atoms with van der Waals surface area (Å²) in [6.45, 7) is 10.6. The summed E-state index contributed by atoms with van der Waals surface area (Å²) >= 11 is 0. The fourth-order valence-electron chi connectivity index (χ4n) is 0.471. The number of hydrogen-bond donors (Lipinski definition) is 0. The molecule has 0 aromatic carbocycles. The van der Waals surface area contributed by atoms with E-state index in [0.717, 1.165) is 5.92 Å². The first-order chi connectivity index (χ1) is 3.18. The first-order valence-corrected chi connectivity index (χ1v) is 3.01. The van der Waals surface area contributed by atoms with Crippen molar-refractivity contribution in [2.24, 2.45) is 11.8 Å². The molecule has 0 bridgehead atoms. The van der Waals surface area contributed by atoms with Crippen LogP contribution in [0.3, 0.4) is 0 Å². The highest BCUT2D eigenvalue weighted by atomic mass is 14.1. The van der Waals surface area contributed by atoms with Crippen LogP contribution in [0.1, 0.15) is 27.2 Å². The van der Waals surface area contributed by atoms with Crippen LogP contribution in [0.15, 0.2) is 0 Å². The molecule has 0 aliphatic carbocycles. The molecular formula is C7H15+. The molecular weight excluding hydrogens is 84.1 g/mol. The van der Waals surface area contributed by atoms with Gasteiger partial charge < -0.3 is 0 Å². The summed E-state index contributed by atoms with van der Waals surface area (Å²) in [5.74, 6) is 1.41. The number of hydrogen-bond acceptors (Lipinski definition) is 0. The molecule has 0 aliphatic rings. The van der Waals surface area contributed by atoms with Crippen molar-refractivity contribution in [2.75, 3.05) is 0 Å². The largest absolute Gasteiger partial charge is 0.0972 e. The van der Waals surface area contributed by atoms with Gasteiger partial charge in [0.05, 0.1) is 12.8 Å². The zero-order valence-corrected chi connectivity index (χ0v) is 5.57. The van der Waals surface area contributed by atoms with Gasteiger partial charge in [0.1, 0.15) is 0 Å². The molecule has 1 atom stereocenters. The maximum atomic E-state index is 3.96. The Balaban J connectivity index is 3.14. The van der Waals surface area contributed by atoms with Crippen LogP contribution in [0.5, 0.6) is 0 Å². The molecule has 42 valence electrons. The third-order valence-electron chi connectivity index (χ3n) is 1.47. The average molecular weight is 99.2 g/mol. The van der Waals surface area contributed by atoms with Crippen molar-refractivity contribution in [2.45, 2.75) is 27.2 Å². The Morgan fingerprint density at radius 3 is 1.86 bits per heavy atom. The predicted octanol–water partition coefficient (Wildman–Crippen LogP) is 2.50. The Labute approximate surface area is 46.9 Å². The molecule has 0 aliphatic heterocycles. The second-order valence-corrected chi connectivity index (χ2v) is 2.41. The first kappa shape index (κ1) is 6.87. The lowest BCUT2D eigenvalue weighted by Crippen LogP contribution is -2.00. The normalized spacial score (nSPS) is 14.9. The highest BCUT2D eigenvalue weighted by molar-refractivity contribution is 4.61. The first-order valence-electron chi connectivity index (χ1n) is 3.01. The Morgan fingerprint density at radius 1 is 1.43 bits per heavy atom.